The van der Waals surface area contributed by atoms with Crippen LogP contribution in [0.2, 0.25) is 0 Å². The average Bonchev–Trinajstić information content (AvgIpc) is 2.73. The van der Waals surface area contributed by atoms with Crippen molar-refractivity contribution in [3.05, 3.63) is 34.3 Å². The zero-order valence-electron chi connectivity index (χ0n) is 11.6. The molecule has 0 fully saturated rings. The second-order valence-electron chi connectivity index (χ2n) is 4.71. The highest BCUT2D eigenvalue weighted by Crippen LogP contribution is 2.27. The molecule has 0 saturated heterocycles. The van der Waals surface area contributed by atoms with Crippen LogP contribution in [0.5, 0.6) is 0 Å². The molecule has 0 aliphatic rings. The number of nitrogens with zero attached hydrogens (tertiary/aromatic N) is 2. The monoisotopic (exact) mass is 311 g/mol. The van der Waals surface area contributed by atoms with Gasteiger partial charge in [-0.25, -0.2) is 13.4 Å². The Morgan fingerprint density at radius 3 is 2.60 bits per heavy atom. The molecule has 0 bridgehead atoms. The number of benzene rings is 1. The number of anilines is 2. The number of sulfone groups is 1. The molecule has 5 nitrogen and oxygen atoms in total. The van der Waals surface area contributed by atoms with E-state index in [1.807, 2.05) is 24.4 Å². The van der Waals surface area contributed by atoms with E-state index in [1.54, 1.807) is 23.5 Å². The molecule has 1 heterocycles. The summed E-state index contributed by atoms with van der Waals surface area (Å²) in [6, 6.07) is 4.82. The number of thiazole rings is 1. The van der Waals surface area contributed by atoms with Gasteiger partial charge in [-0.2, -0.15) is 0 Å². The predicted molar refractivity (Wildman–Crippen MR) is 82.9 cm³/mol. The molecule has 0 aliphatic carbocycles. The topological polar surface area (TPSA) is 76.3 Å². The number of aromatic nitrogens is 1. The minimum Gasteiger partial charge on any atom is -0.397 e. The van der Waals surface area contributed by atoms with Gasteiger partial charge in [0.25, 0.3) is 0 Å². The molecule has 2 rings (SSSR count). The van der Waals surface area contributed by atoms with Gasteiger partial charge in [-0.3, -0.25) is 0 Å². The molecular formula is C13H17N3O2S2. The molecule has 0 radical (unpaired) electrons. The van der Waals surface area contributed by atoms with E-state index in [9.17, 15) is 8.42 Å². The number of aryl methyl sites for hydroxylation is 1. The second kappa shape index (κ2) is 5.41. The summed E-state index contributed by atoms with van der Waals surface area (Å²) in [4.78, 5) is 7.60. The molecule has 1 aromatic carbocycles. The zero-order chi connectivity index (χ0) is 14.9. The lowest BCUT2D eigenvalue weighted by Crippen LogP contribution is -2.18. The van der Waals surface area contributed by atoms with Gasteiger partial charge in [0.05, 0.1) is 34.0 Å². The summed E-state index contributed by atoms with van der Waals surface area (Å²) in [7, 11) is -1.31. The third kappa shape index (κ3) is 3.10. The standard InChI is InChI=1S/C13H17N3O2S2/c1-9-13(19-8-15-9)7-16(2)12-5-4-10(6-11(12)14)20(3,17)18/h4-6,8H,7,14H2,1-3H3. The van der Waals surface area contributed by atoms with Crippen LogP contribution in [-0.4, -0.2) is 26.7 Å². The molecular weight excluding hydrogens is 294 g/mol. The van der Waals surface area contributed by atoms with E-state index in [2.05, 4.69) is 4.98 Å². The van der Waals surface area contributed by atoms with E-state index in [-0.39, 0.29) is 4.90 Å². The SMILES string of the molecule is Cc1ncsc1CN(C)c1ccc(S(C)(=O)=O)cc1N. The quantitative estimate of drug-likeness (QED) is 0.875. The first kappa shape index (κ1) is 14.8. The summed E-state index contributed by atoms with van der Waals surface area (Å²) >= 11 is 1.60. The van der Waals surface area contributed by atoms with Crippen molar-refractivity contribution in [3.8, 4) is 0 Å². The Morgan fingerprint density at radius 1 is 1.40 bits per heavy atom. The van der Waals surface area contributed by atoms with E-state index in [0.717, 1.165) is 11.4 Å². The molecule has 0 aliphatic heterocycles. The summed E-state index contributed by atoms with van der Waals surface area (Å²) < 4.78 is 23.0. The Bertz CT molecular complexity index is 723. The number of hydrogen-bond acceptors (Lipinski definition) is 6. The fourth-order valence-corrected chi connectivity index (χ4v) is 3.38. The zero-order valence-corrected chi connectivity index (χ0v) is 13.3. The molecule has 0 amide bonds. The fraction of sp³-hybridized carbons (Fsp3) is 0.308. The first-order chi connectivity index (χ1) is 9.29. The summed E-state index contributed by atoms with van der Waals surface area (Å²) in [6.07, 6.45) is 1.17. The van der Waals surface area contributed by atoms with E-state index in [4.69, 9.17) is 5.73 Å². The number of rotatable bonds is 4. The Hall–Kier alpha value is -1.60. The molecule has 108 valence electrons. The van der Waals surface area contributed by atoms with Crippen LogP contribution >= 0.6 is 11.3 Å². The number of nitrogen functional groups attached to an aromatic ring is 1. The van der Waals surface area contributed by atoms with Crippen molar-refractivity contribution in [2.75, 3.05) is 23.9 Å². The molecule has 7 heteroatoms. The highest BCUT2D eigenvalue weighted by atomic mass is 32.2. The van der Waals surface area contributed by atoms with Gasteiger partial charge < -0.3 is 10.6 Å². The average molecular weight is 311 g/mol. The van der Waals surface area contributed by atoms with Gasteiger partial charge in [-0.1, -0.05) is 0 Å². The lowest BCUT2D eigenvalue weighted by molar-refractivity contribution is 0.602. The summed E-state index contributed by atoms with van der Waals surface area (Å²) in [5.74, 6) is 0. The predicted octanol–water partition coefficient (Wildman–Crippen LogP) is 2.07. The van der Waals surface area contributed by atoms with E-state index < -0.39 is 9.84 Å². The van der Waals surface area contributed by atoms with Crippen LogP contribution in [0, 0.1) is 6.92 Å². The van der Waals surface area contributed by atoms with Crippen LogP contribution in [0.15, 0.2) is 28.6 Å². The molecule has 2 N–H and O–H groups in total. The first-order valence-electron chi connectivity index (χ1n) is 5.98. The summed E-state index contributed by atoms with van der Waals surface area (Å²) in [5.41, 5.74) is 10.1. The van der Waals surface area contributed by atoms with Gasteiger partial charge in [0, 0.05) is 18.2 Å². The van der Waals surface area contributed by atoms with Crippen LogP contribution in [0.25, 0.3) is 0 Å². The van der Waals surface area contributed by atoms with Gasteiger partial charge in [-0.15, -0.1) is 11.3 Å². The Morgan fingerprint density at radius 2 is 2.10 bits per heavy atom. The van der Waals surface area contributed by atoms with Crippen molar-refractivity contribution in [2.45, 2.75) is 18.4 Å². The Labute approximate surface area is 123 Å². The molecule has 1 aromatic heterocycles. The maximum Gasteiger partial charge on any atom is 0.175 e. The summed E-state index contributed by atoms with van der Waals surface area (Å²) in [6.45, 7) is 2.66. The third-order valence-corrected chi connectivity index (χ3v) is 5.09. The lowest BCUT2D eigenvalue weighted by atomic mass is 10.2. The van der Waals surface area contributed by atoms with Crippen LogP contribution in [0.4, 0.5) is 11.4 Å². The molecule has 0 spiro atoms. The maximum absolute atomic E-state index is 11.5. The molecule has 20 heavy (non-hydrogen) atoms. The first-order valence-corrected chi connectivity index (χ1v) is 8.76. The van der Waals surface area contributed by atoms with Gasteiger partial charge in [0.15, 0.2) is 9.84 Å². The van der Waals surface area contributed by atoms with Gasteiger partial charge in [-0.05, 0) is 25.1 Å². The van der Waals surface area contributed by atoms with Crippen LogP contribution in [0.3, 0.4) is 0 Å². The fourth-order valence-electron chi connectivity index (χ4n) is 1.89. The smallest absolute Gasteiger partial charge is 0.175 e. The Balaban J connectivity index is 2.27. The van der Waals surface area contributed by atoms with Gasteiger partial charge in [0.1, 0.15) is 0 Å². The summed E-state index contributed by atoms with van der Waals surface area (Å²) in [5, 5.41) is 0. The normalized spacial score (nSPS) is 11.6. The third-order valence-electron chi connectivity index (χ3n) is 3.06. The van der Waals surface area contributed by atoms with Crippen molar-refractivity contribution < 1.29 is 8.42 Å². The molecule has 0 unspecified atom stereocenters. The minimum atomic E-state index is -3.23. The highest BCUT2D eigenvalue weighted by molar-refractivity contribution is 7.90. The van der Waals surface area contributed by atoms with Crippen LogP contribution in [-0.2, 0) is 16.4 Å². The van der Waals surface area contributed by atoms with Crippen LogP contribution < -0.4 is 10.6 Å². The van der Waals surface area contributed by atoms with Crippen molar-refractivity contribution in [2.24, 2.45) is 0 Å². The van der Waals surface area contributed by atoms with E-state index >= 15 is 0 Å². The van der Waals surface area contributed by atoms with Crippen molar-refractivity contribution in [3.63, 3.8) is 0 Å². The minimum absolute atomic E-state index is 0.237. The van der Waals surface area contributed by atoms with Crippen molar-refractivity contribution >= 4 is 32.5 Å². The van der Waals surface area contributed by atoms with Gasteiger partial charge in [0.2, 0.25) is 0 Å². The van der Waals surface area contributed by atoms with Crippen LogP contribution in [0.1, 0.15) is 10.6 Å². The molecule has 0 saturated carbocycles. The number of nitrogens with two attached hydrogens (primary N) is 1. The second-order valence-corrected chi connectivity index (χ2v) is 7.66. The molecule has 2 aromatic rings. The maximum atomic E-state index is 11.5. The van der Waals surface area contributed by atoms with E-state index in [0.29, 0.717) is 12.2 Å². The molecule has 0 atom stereocenters. The largest absolute Gasteiger partial charge is 0.397 e. The lowest BCUT2D eigenvalue weighted by Gasteiger charge is -2.21. The number of hydrogen-bond donors (Lipinski definition) is 1. The Kier molecular flexibility index (Phi) is 4.01. The van der Waals surface area contributed by atoms with E-state index in [1.165, 1.54) is 17.2 Å². The highest BCUT2D eigenvalue weighted by Gasteiger charge is 2.13. The van der Waals surface area contributed by atoms with Crippen molar-refractivity contribution in [1.82, 2.24) is 4.98 Å². The van der Waals surface area contributed by atoms with Gasteiger partial charge >= 0.3 is 0 Å². The van der Waals surface area contributed by atoms with Crippen molar-refractivity contribution in [1.29, 1.82) is 0 Å².